The molecule has 0 spiro atoms. The van der Waals surface area contributed by atoms with Gasteiger partial charge in [0.1, 0.15) is 6.54 Å². The molecule has 0 atom stereocenters. The summed E-state index contributed by atoms with van der Waals surface area (Å²) >= 11 is 1.45. The molecule has 0 saturated heterocycles. The average Bonchev–Trinajstić information content (AvgIpc) is 2.70. The highest BCUT2D eigenvalue weighted by Crippen LogP contribution is 2.28. The smallest absolute Gasteiger partial charge is 0.244 e. The number of carbonyl (C=O) groups is 2. The van der Waals surface area contributed by atoms with Gasteiger partial charge in [0.25, 0.3) is 0 Å². The average molecular weight is 375 g/mol. The highest BCUT2D eigenvalue weighted by molar-refractivity contribution is 8.03. The van der Waals surface area contributed by atoms with Crippen LogP contribution in [0, 0.1) is 0 Å². The normalized spacial score (nSPS) is 14.1. The summed E-state index contributed by atoms with van der Waals surface area (Å²) in [6, 6.07) is 19.1. The summed E-state index contributed by atoms with van der Waals surface area (Å²) in [5.41, 5.74) is 3.04. The van der Waals surface area contributed by atoms with Gasteiger partial charge in [-0.1, -0.05) is 48.5 Å². The van der Waals surface area contributed by atoms with Gasteiger partial charge < -0.3 is 10.2 Å². The van der Waals surface area contributed by atoms with Crippen LogP contribution in [0.25, 0.3) is 16.6 Å². The van der Waals surface area contributed by atoms with Crippen molar-refractivity contribution in [2.24, 2.45) is 0 Å². The number of thioether (sulfide) groups is 1. The summed E-state index contributed by atoms with van der Waals surface area (Å²) in [5.74, 6) is 0.00202. The standard InChI is InChI=1S/C21H17N3O2S/c25-19(23-17-10-4-8-16-9-5-11-22-21(16)17)12-24-18(13-27-14-20(24)26)15-6-2-1-3-7-15/h1-11,13H,12,14H2,(H,23,25). The molecule has 6 heteroatoms. The van der Waals surface area contributed by atoms with Crippen molar-refractivity contribution in [3.8, 4) is 0 Å². The molecule has 0 bridgehead atoms. The Morgan fingerprint density at radius 2 is 1.89 bits per heavy atom. The third-order valence-corrected chi connectivity index (χ3v) is 5.08. The fourth-order valence-corrected chi connectivity index (χ4v) is 3.82. The molecule has 2 aromatic carbocycles. The summed E-state index contributed by atoms with van der Waals surface area (Å²) in [6.45, 7) is -0.0384. The van der Waals surface area contributed by atoms with Crippen molar-refractivity contribution in [3.05, 3.63) is 77.8 Å². The second-order valence-corrected chi connectivity index (χ2v) is 6.95. The van der Waals surface area contributed by atoms with Crippen molar-refractivity contribution >= 4 is 45.9 Å². The number of para-hydroxylation sites is 1. The van der Waals surface area contributed by atoms with Gasteiger partial charge >= 0.3 is 0 Å². The van der Waals surface area contributed by atoms with E-state index in [1.165, 1.54) is 11.8 Å². The molecule has 27 heavy (non-hydrogen) atoms. The number of rotatable bonds is 4. The maximum absolute atomic E-state index is 12.7. The highest BCUT2D eigenvalue weighted by Gasteiger charge is 2.25. The predicted octanol–water partition coefficient (Wildman–Crippen LogP) is 3.75. The number of aromatic nitrogens is 1. The van der Waals surface area contributed by atoms with Crippen molar-refractivity contribution in [1.82, 2.24) is 9.88 Å². The van der Waals surface area contributed by atoms with Crippen LogP contribution in [0.5, 0.6) is 0 Å². The summed E-state index contributed by atoms with van der Waals surface area (Å²) in [5, 5.41) is 5.78. The van der Waals surface area contributed by atoms with Gasteiger partial charge in [-0.25, -0.2) is 0 Å². The molecule has 4 rings (SSSR count). The fourth-order valence-electron chi connectivity index (χ4n) is 3.01. The molecule has 5 nitrogen and oxygen atoms in total. The number of nitrogens with zero attached hydrogens (tertiary/aromatic N) is 2. The molecule has 0 radical (unpaired) electrons. The molecule has 2 amide bonds. The van der Waals surface area contributed by atoms with Crippen LogP contribution in [-0.2, 0) is 9.59 Å². The number of nitrogens with one attached hydrogen (secondary N) is 1. The van der Waals surface area contributed by atoms with E-state index in [0.717, 1.165) is 22.2 Å². The van der Waals surface area contributed by atoms with Crippen LogP contribution in [0.2, 0.25) is 0 Å². The Bertz CT molecular complexity index is 1030. The van der Waals surface area contributed by atoms with E-state index in [4.69, 9.17) is 0 Å². The Balaban J connectivity index is 1.56. The zero-order valence-corrected chi connectivity index (χ0v) is 15.3. The summed E-state index contributed by atoms with van der Waals surface area (Å²) < 4.78 is 0. The molecular weight excluding hydrogens is 358 g/mol. The third kappa shape index (κ3) is 3.71. The Morgan fingerprint density at radius 3 is 2.74 bits per heavy atom. The fraction of sp³-hybridized carbons (Fsp3) is 0.0952. The number of fused-ring (bicyclic) bond motifs is 1. The lowest BCUT2D eigenvalue weighted by atomic mass is 10.1. The van der Waals surface area contributed by atoms with Crippen molar-refractivity contribution in [2.75, 3.05) is 17.6 Å². The Labute approximate surface area is 161 Å². The molecule has 3 aromatic rings. The van der Waals surface area contributed by atoms with Crippen LogP contribution in [0.4, 0.5) is 5.69 Å². The van der Waals surface area contributed by atoms with Gasteiger partial charge in [-0.15, -0.1) is 11.8 Å². The maximum atomic E-state index is 12.7. The zero-order chi connectivity index (χ0) is 18.6. The van der Waals surface area contributed by atoms with Crippen LogP contribution in [-0.4, -0.2) is 34.0 Å². The summed E-state index contributed by atoms with van der Waals surface area (Å²) in [7, 11) is 0. The SMILES string of the molecule is O=C(CN1C(=O)CSC=C1c1ccccc1)Nc1cccc2cccnc12. The molecule has 1 aliphatic rings. The van der Waals surface area contributed by atoms with Crippen molar-refractivity contribution in [3.63, 3.8) is 0 Å². The van der Waals surface area contributed by atoms with Gasteiger partial charge in [0.2, 0.25) is 11.8 Å². The minimum absolute atomic E-state index is 0.0384. The van der Waals surface area contributed by atoms with Crippen LogP contribution in [0.1, 0.15) is 5.56 Å². The van der Waals surface area contributed by atoms with E-state index in [0.29, 0.717) is 11.4 Å². The topological polar surface area (TPSA) is 62.3 Å². The minimum atomic E-state index is -0.254. The van der Waals surface area contributed by atoms with E-state index in [2.05, 4.69) is 10.3 Å². The Hall–Kier alpha value is -3.12. The lowest BCUT2D eigenvalue weighted by molar-refractivity contribution is -0.129. The first-order valence-electron chi connectivity index (χ1n) is 8.53. The molecule has 0 unspecified atom stereocenters. The highest BCUT2D eigenvalue weighted by atomic mass is 32.2. The molecule has 0 fully saturated rings. The van der Waals surface area contributed by atoms with Crippen LogP contribution >= 0.6 is 11.8 Å². The molecule has 1 aromatic heterocycles. The number of amides is 2. The predicted molar refractivity (Wildman–Crippen MR) is 109 cm³/mol. The number of carbonyl (C=O) groups excluding carboxylic acids is 2. The second-order valence-electron chi connectivity index (χ2n) is 6.09. The van der Waals surface area contributed by atoms with E-state index in [9.17, 15) is 9.59 Å². The second kappa shape index (κ2) is 7.63. The molecule has 0 aliphatic carbocycles. The van der Waals surface area contributed by atoms with E-state index < -0.39 is 0 Å². The first-order valence-corrected chi connectivity index (χ1v) is 9.58. The van der Waals surface area contributed by atoms with Gasteiger partial charge in [0.15, 0.2) is 0 Å². The third-order valence-electron chi connectivity index (χ3n) is 4.27. The molecule has 0 saturated carbocycles. The zero-order valence-electron chi connectivity index (χ0n) is 14.5. The van der Waals surface area contributed by atoms with Crippen molar-refractivity contribution in [1.29, 1.82) is 0 Å². The summed E-state index contributed by atoms with van der Waals surface area (Å²) in [4.78, 5) is 31.0. The quantitative estimate of drug-likeness (QED) is 0.754. The number of anilines is 1. The van der Waals surface area contributed by atoms with E-state index in [1.807, 2.05) is 66.1 Å². The molecule has 2 heterocycles. The largest absolute Gasteiger partial charge is 0.323 e. The number of hydrogen-bond acceptors (Lipinski definition) is 4. The minimum Gasteiger partial charge on any atom is -0.323 e. The Morgan fingerprint density at radius 1 is 1.07 bits per heavy atom. The lowest BCUT2D eigenvalue weighted by Crippen LogP contribution is -2.39. The molecule has 1 aliphatic heterocycles. The molecular formula is C21H17N3O2S. The number of hydrogen-bond donors (Lipinski definition) is 1. The van der Waals surface area contributed by atoms with Gasteiger partial charge in [-0.3, -0.25) is 14.6 Å². The van der Waals surface area contributed by atoms with Crippen molar-refractivity contribution in [2.45, 2.75) is 0 Å². The van der Waals surface area contributed by atoms with Gasteiger partial charge in [-0.2, -0.15) is 0 Å². The van der Waals surface area contributed by atoms with E-state index in [1.54, 1.807) is 11.1 Å². The summed E-state index contributed by atoms with van der Waals surface area (Å²) in [6.07, 6.45) is 1.69. The van der Waals surface area contributed by atoms with Gasteiger partial charge in [-0.05, 0) is 23.1 Å². The first-order chi connectivity index (χ1) is 13.2. The van der Waals surface area contributed by atoms with Crippen LogP contribution < -0.4 is 5.32 Å². The van der Waals surface area contributed by atoms with E-state index in [-0.39, 0.29) is 18.4 Å². The van der Waals surface area contributed by atoms with Crippen LogP contribution in [0.3, 0.4) is 0 Å². The maximum Gasteiger partial charge on any atom is 0.244 e. The monoisotopic (exact) mass is 375 g/mol. The first kappa shape index (κ1) is 17.3. The van der Waals surface area contributed by atoms with E-state index >= 15 is 0 Å². The molecule has 134 valence electrons. The molecule has 1 N–H and O–H groups in total. The van der Waals surface area contributed by atoms with Crippen LogP contribution in [0.15, 0.2) is 72.3 Å². The Kier molecular flexibility index (Phi) is 4.89. The van der Waals surface area contributed by atoms with Gasteiger partial charge in [0.05, 0.1) is 22.7 Å². The van der Waals surface area contributed by atoms with Gasteiger partial charge in [0, 0.05) is 11.6 Å². The number of pyridine rings is 1. The van der Waals surface area contributed by atoms with Crippen molar-refractivity contribution < 1.29 is 9.59 Å². The lowest BCUT2D eigenvalue weighted by Gasteiger charge is -2.28. The number of benzene rings is 2.